The summed E-state index contributed by atoms with van der Waals surface area (Å²) in [6, 6.07) is 53.0. The number of para-hydroxylation sites is 2. The lowest BCUT2D eigenvalue weighted by molar-refractivity contribution is -0.142. The van der Waals surface area contributed by atoms with E-state index in [2.05, 4.69) is 12.1 Å². The molecule has 0 aliphatic carbocycles. The van der Waals surface area contributed by atoms with E-state index in [1.54, 1.807) is 22.8 Å². The third-order valence-corrected chi connectivity index (χ3v) is 11.2. The van der Waals surface area contributed by atoms with Gasteiger partial charge in [0.25, 0.3) is 0 Å². The molecule has 0 radical (unpaired) electrons. The lowest BCUT2D eigenvalue weighted by Crippen LogP contribution is -2.16. The third kappa shape index (κ3) is 5.83. The Hall–Kier alpha value is -7.57. The van der Waals surface area contributed by atoms with E-state index >= 15 is 26.3 Å². The lowest BCUT2D eigenvalue weighted by atomic mass is 9.90. The van der Waals surface area contributed by atoms with Crippen LogP contribution in [0.2, 0.25) is 0 Å². The number of fused-ring (bicyclic) bond motifs is 6. The molecule has 0 aliphatic rings. The van der Waals surface area contributed by atoms with E-state index < -0.39 is 34.6 Å². The molecule has 10 rings (SSSR count). The van der Waals surface area contributed by atoms with Gasteiger partial charge in [-0.3, -0.25) is 0 Å². The maximum absolute atomic E-state index is 15.0. The van der Waals surface area contributed by atoms with Crippen LogP contribution in [0, 0.1) is 11.3 Å². The fourth-order valence-electron chi connectivity index (χ4n) is 8.69. The maximum Gasteiger partial charge on any atom is 0.417 e. The first-order chi connectivity index (χ1) is 29.0. The zero-order chi connectivity index (χ0) is 41.3. The number of halogens is 6. The van der Waals surface area contributed by atoms with Crippen molar-refractivity contribution in [1.82, 2.24) is 9.13 Å². The molecule has 0 unspecified atom stereocenters. The second-order valence-corrected chi connectivity index (χ2v) is 14.6. The zero-order valence-electron chi connectivity index (χ0n) is 31.4. The molecule has 8 aromatic carbocycles. The van der Waals surface area contributed by atoms with E-state index in [4.69, 9.17) is 0 Å². The molecular formula is C51H29F6N3. The SMILES string of the molecule is N#Cc1c(-n2c3ccccc3c3cc(-c4ccccc4)ccc32)ccc(-c2c(C(F)(F)F)cccc2C(F)(F)F)c1-n1c2ccccc2c2cc(-c3ccccc3)ccc21. The van der Waals surface area contributed by atoms with Gasteiger partial charge in [-0.2, -0.15) is 31.6 Å². The van der Waals surface area contributed by atoms with Gasteiger partial charge in [-0.25, -0.2) is 0 Å². The molecule has 2 heterocycles. The smallest absolute Gasteiger partial charge is 0.308 e. The van der Waals surface area contributed by atoms with Gasteiger partial charge < -0.3 is 9.13 Å². The highest BCUT2D eigenvalue weighted by Crippen LogP contribution is 2.49. The molecule has 0 aliphatic heterocycles. The Morgan fingerprint density at radius 2 is 0.850 bits per heavy atom. The summed E-state index contributed by atoms with van der Waals surface area (Å²) in [7, 11) is 0. The molecule has 0 spiro atoms. The van der Waals surface area contributed by atoms with Crippen LogP contribution in [0.1, 0.15) is 16.7 Å². The predicted molar refractivity (Wildman–Crippen MR) is 226 cm³/mol. The molecule has 290 valence electrons. The number of nitriles is 1. The highest BCUT2D eigenvalue weighted by molar-refractivity contribution is 6.13. The number of aromatic nitrogens is 2. The van der Waals surface area contributed by atoms with Crippen LogP contribution in [-0.2, 0) is 12.4 Å². The molecule has 0 fully saturated rings. The summed E-state index contributed by atoms with van der Waals surface area (Å²) in [5, 5.41) is 14.5. The minimum Gasteiger partial charge on any atom is -0.308 e. The Labute approximate surface area is 339 Å². The molecule has 9 heteroatoms. The van der Waals surface area contributed by atoms with Gasteiger partial charge in [0, 0.05) is 32.7 Å². The van der Waals surface area contributed by atoms with Crippen molar-refractivity contribution in [3.63, 3.8) is 0 Å². The summed E-state index contributed by atoms with van der Waals surface area (Å²) in [6.07, 6.45) is -10.3. The van der Waals surface area contributed by atoms with E-state index in [1.807, 2.05) is 126 Å². The number of rotatable bonds is 5. The summed E-state index contributed by atoms with van der Waals surface area (Å²) < 4.78 is 93.7. The molecule has 0 N–H and O–H groups in total. The van der Waals surface area contributed by atoms with Crippen molar-refractivity contribution in [2.45, 2.75) is 12.4 Å². The molecule has 10 aromatic rings. The van der Waals surface area contributed by atoms with Gasteiger partial charge in [-0.1, -0.05) is 121 Å². The third-order valence-electron chi connectivity index (χ3n) is 11.2. The van der Waals surface area contributed by atoms with Crippen LogP contribution in [0.5, 0.6) is 0 Å². The summed E-state index contributed by atoms with van der Waals surface area (Å²) in [6.45, 7) is 0. The Balaban J connectivity index is 1.36. The van der Waals surface area contributed by atoms with Crippen LogP contribution in [0.4, 0.5) is 26.3 Å². The molecule has 0 atom stereocenters. The van der Waals surface area contributed by atoms with Crippen LogP contribution in [-0.4, -0.2) is 9.13 Å². The average molecular weight is 798 g/mol. The number of hydrogen-bond acceptors (Lipinski definition) is 1. The Morgan fingerprint density at radius 3 is 1.35 bits per heavy atom. The second kappa shape index (κ2) is 13.8. The summed E-state index contributed by atoms with van der Waals surface area (Å²) in [5.74, 6) is 0. The van der Waals surface area contributed by atoms with Crippen LogP contribution in [0.15, 0.2) is 176 Å². The number of alkyl halides is 6. The highest BCUT2D eigenvalue weighted by atomic mass is 19.4. The van der Waals surface area contributed by atoms with Gasteiger partial charge in [-0.05, 0) is 76.9 Å². The summed E-state index contributed by atoms with van der Waals surface area (Å²) in [5.41, 5.74) is 1.83. The van der Waals surface area contributed by atoms with E-state index in [0.29, 0.717) is 50.7 Å². The Kier molecular flexibility index (Phi) is 8.44. The summed E-state index contributed by atoms with van der Waals surface area (Å²) in [4.78, 5) is 0. The van der Waals surface area contributed by atoms with Gasteiger partial charge in [0.2, 0.25) is 0 Å². The quantitative estimate of drug-likeness (QED) is 0.160. The average Bonchev–Trinajstić information content (AvgIpc) is 3.77. The van der Waals surface area contributed by atoms with Gasteiger partial charge in [0.1, 0.15) is 11.6 Å². The molecule has 3 nitrogen and oxygen atoms in total. The summed E-state index contributed by atoms with van der Waals surface area (Å²) >= 11 is 0. The second-order valence-electron chi connectivity index (χ2n) is 14.6. The van der Waals surface area contributed by atoms with Gasteiger partial charge in [0.15, 0.2) is 0 Å². The first-order valence-corrected chi connectivity index (χ1v) is 19.1. The number of benzene rings is 8. The van der Waals surface area contributed by atoms with Gasteiger partial charge >= 0.3 is 12.4 Å². The molecule has 60 heavy (non-hydrogen) atoms. The van der Waals surface area contributed by atoms with Gasteiger partial charge in [-0.15, -0.1) is 0 Å². The van der Waals surface area contributed by atoms with E-state index in [0.717, 1.165) is 39.1 Å². The molecular weight excluding hydrogens is 769 g/mol. The van der Waals surface area contributed by atoms with Crippen molar-refractivity contribution in [2.24, 2.45) is 0 Å². The normalized spacial score (nSPS) is 12.2. The van der Waals surface area contributed by atoms with Crippen molar-refractivity contribution < 1.29 is 26.3 Å². The van der Waals surface area contributed by atoms with Crippen LogP contribution < -0.4 is 0 Å². The fourth-order valence-corrected chi connectivity index (χ4v) is 8.69. The van der Waals surface area contributed by atoms with Gasteiger partial charge in [0.05, 0.1) is 44.6 Å². The molecule has 0 amide bonds. The minimum atomic E-state index is -5.17. The monoisotopic (exact) mass is 797 g/mol. The first-order valence-electron chi connectivity index (χ1n) is 19.1. The molecule has 0 saturated heterocycles. The zero-order valence-corrected chi connectivity index (χ0v) is 31.4. The van der Waals surface area contributed by atoms with Crippen molar-refractivity contribution in [3.05, 3.63) is 193 Å². The van der Waals surface area contributed by atoms with Crippen LogP contribution >= 0.6 is 0 Å². The van der Waals surface area contributed by atoms with Crippen molar-refractivity contribution in [1.29, 1.82) is 5.26 Å². The van der Waals surface area contributed by atoms with E-state index in [9.17, 15) is 5.26 Å². The lowest BCUT2D eigenvalue weighted by Gasteiger charge is -2.24. The van der Waals surface area contributed by atoms with Crippen LogP contribution in [0.3, 0.4) is 0 Å². The van der Waals surface area contributed by atoms with E-state index in [-0.39, 0.29) is 11.3 Å². The minimum absolute atomic E-state index is 0.109. The largest absolute Gasteiger partial charge is 0.417 e. The number of hydrogen-bond donors (Lipinski definition) is 0. The predicted octanol–water partition coefficient (Wildman–Crippen LogP) is 14.8. The van der Waals surface area contributed by atoms with Crippen LogP contribution in [0.25, 0.3) is 88.4 Å². The van der Waals surface area contributed by atoms with E-state index in [1.165, 1.54) is 12.1 Å². The maximum atomic E-state index is 15.0. The Bertz CT molecular complexity index is 3320. The highest BCUT2D eigenvalue weighted by Gasteiger charge is 2.42. The first kappa shape index (κ1) is 36.7. The topological polar surface area (TPSA) is 33.6 Å². The van der Waals surface area contributed by atoms with Crippen molar-refractivity contribution >= 4 is 43.6 Å². The Morgan fingerprint density at radius 1 is 0.400 bits per heavy atom. The standard InChI is InChI=1S/C51H29F6N3/c52-50(53,54)41-18-11-19-42(51(55,56)57)48(41)37-24-27-47(59-43-20-9-7-16-35(43)38-28-33(22-25-45(38)59)31-12-3-1-4-13-31)40(30-58)49(37)60-44-21-10-8-17-36(44)39-29-34(23-26-46(39)60)32-14-5-2-6-15-32/h1-29H. The van der Waals surface area contributed by atoms with Crippen molar-refractivity contribution in [2.75, 3.05) is 0 Å². The van der Waals surface area contributed by atoms with Crippen molar-refractivity contribution in [3.8, 4) is 50.8 Å². The molecule has 0 bridgehead atoms. The molecule has 2 aromatic heterocycles. The molecule has 0 saturated carbocycles. The fraction of sp³-hybridized carbons (Fsp3) is 0.0392. The number of nitrogens with zero attached hydrogens (tertiary/aromatic N) is 3.